The van der Waals surface area contributed by atoms with Gasteiger partial charge in [0, 0.05) is 11.4 Å². The van der Waals surface area contributed by atoms with Gasteiger partial charge < -0.3 is 10.1 Å². The van der Waals surface area contributed by atoms with Gasteiger partial charge in [-0.25, -0.2) is 4.39 Å². The second-order valence-corrected chi connectivity index (χ2v) is 6.72. The van der Waals surface area contributed by atoms with Gasteiger partial charge in [-0.05, 0) is 42.8 Å². The van der Waals surface area contributed by atoms with Crippen molar-refractivity contribution in [3.05, 3.63) is 58.9 Å². The van der Waals surface area contributed by atoms with Crippen LogP contribution in [0.25, 0.3) is 0 Å². The quantitative estimate of drug-likeness (QED) is 0.787. The summed E-state index contributed by atoms with van der Waals surface area (Å²) in [4.78, 5) is 12.9. The minimum atomic E-state index is -0.465. The van der Waals surface area contributed by atoms with Gasteiger partial charge >= 0.3 is 0 Å². The lowest BCUT2D eigenvalue weighted by Gasteiger charge is -2.12. The molecule has 0 radical (unpaired) electrons. The van der Waals surface area contributed by atoms with Gasteiger partial charge in [0.05, 0.1) is 17.4 Å². The fraction of sp³-hybridized carbons (Fsp3) is 0.235. The van der Waals surface area contributed by atoms with Crippen molar-refractivity contribution in [1.82, 2.24) is 5.32 Å². The number of methoxy groups -OCH3 is 1. The Bertz CT molecular complexity index is 679. The molecular formula is C17H17ClFNO2S. The number of halogens is 2. The number of amides is 1. The first kappa shape index (κ1) is 17.6. The lowest BCUT2D eigenvalue weighted by molar-refractivity contribution is -0.120. The number of carbonyl (C=O) groups is 1. The van der Waals surface area contributed by atoms with E-state index < -0.39 is 5.82 Å². The Labute approximate surface area is 144 Å². The van der Waals surface area contributed by atoms with Crippen LogP contribution in [0.4, 0.5) is 4.39 Å². The second kappa shape index (κ2) is 8.22. The molecular weight excluding hydrogens is 337 g/mol. The zero-order valence-electron chi connectivity index (χ0n) is 12.8. The molecule has 0 aliphatic carbocycles. The SMILES string of the molecule is COc1ccc(CNC(=O)[C@@H](C)Sc2ccc(F)c(Cl)c2)cc1. The van der Waals surface area contributed by atoms with Crippen LogP contribution >= 0.6 is 23.4 Å². The maximum absolute atomic E-state index is 13.1. The first-order valence-corrected chi connectivity index (χ1v) is 8.27. The lowest BCUT2D eigenvalue weighted by Crippen LogP contribution is -2.30. The maximum Gasteiger partial charge on any atom is 0.233 e. The van der Waals surface area contributed by atoms with Crippen LogP contribution in [-0.2, 0) is 11.3 Å². The van der Waals surface area contributed by atoms with E-state index in [4.69, 9.17) is 16.3 Å². The number of thioether (sulfide) groups is 1. The van der Waals surface area contributed by atoms with E-state index in [-0.39, 0.29) is 16.2 Å². The second-order valence-electron chi connectivity index (χ2n) is 4.90. The molecule has 2 aromatic carbocycles. The van der Waals surface area contributed by atoms with Crippen LogP contribution in [0.5, 0.6) is 5.75 Å². The van der Waals surface area contributed by atoms with Gasteiger partial charge in [-0.2, -0.15) is 0 Å². The molecule has 3 nitrogen and oxygen atoms in total. The molecule has 0 saturated carbocycles. The highest BCUT2D eigenvalue weighted by molar-refractivity contribution is 8.00. The van der Waals surface area contributed by atoms with Crippen LogP contribution in [0.1, 0.15) is 12.5 Å². The summed E-state index contributed by atoms with van der Waals surface area (Å²) in [5.41, 5.74) is 0.987. The fourth-order valence-corrected chi connectivity index (χ4v) is 3.06. The predicted molar refractivity (Wildman–Crippen MR) is 91.6 cm³/mol. The summed E-state index contributed by atoms with van der Waals surface area (Å²) in [6.45, 7) is 2.24. The molecule has 1 N–H and O–H groups in total. The van der Waals surface area contributed by atoms with Gasteiger partial charge in [-0.1, -0.05) is 23.7 Å². The van der Waals surface area contributed by atoms with E-state index in [9.17, 15) is 9.18 Å². The molecule has 6 heteroatoms. The molecule has 23 heavy (non-hydrogen) atoms. The van der Waals surface area contributed by atoms with Gasteiger partial charge in [0.1, 0.15) is 11.6 Å². The topological polar surface area (TPSA) is 38.3 Å². The van der Waals surface area contributed by atoms with Crippen LogP contribution in [0.3, 0.4) is 0 Å². The highest BCUT2D eigenvalue weighted by Crippen LogP contribution is 2.27. The summed E-state index contributed by atoms with van der Waals surface area (Å²) in [6, 6.07) is 11.9. The summed E-state index contributed by atoms with van der Waals surface area (Å²) in [6.07, 6.45) is 0. The molecule has 0 fully saturated rings. The smallest absolute Gasteiger partial charge is 0.233 e. The van der Waals surface area contributed by atoms with Gasteiger partial charge in [0.15, 0.2) is 0 Å². The highest BCUT2D eigenvalue weighted by atomic mass is 35.5. The summed E-state index contributed by atoms with van der Waals surface area (Å²) >= 11 is 7.08. The van der Waals surface area contributed by atoms with Crippen molar-refractivity contribution in [2.24, 2.45) is 0 Å². The van der Waals surface area contributed by atoms with E-state index in [1.54, 1.807) is 20.1 Å². The molecule has 0 saturated heterocycles. The third kappa shape index (κ3) is 5.15. The zero-order chi connectivity index (χ0) is 16.8. The molecule has 0 heterocycles. The highest BCUT2D eigenvalue weighted by Gasteiger charge is 2.14. The Kier molecular flexibility index (Phi) is 6.30. The molecule has 122 valence electrons. The maximum atomic E-state index is 13.1. The van der Waals surface area contributed by atoms with E-state index in [1.165, 1.54) is 23.9 Å². The number of ether oxygens (including phenoxy) is 1. The molecule has 0 aromatic heterocycles. The number of nitrogens with one attached hydrogen (secondary N) is 1. The van der Waals surface area contributed by atoms with Crippen molar-refractivity contribution < 1.29 is 13.9 Å². The minimum Gasteiger partial charge on any atom is -0.497 e. The first-order chi connectivity index (χ1) is 11.0. The van der Waals surface area contributed by atoms with Crippen LogP contribution in [0.2, 0.25) is 5.02 Å². The summed E-state index contributed by atoms with van der Waals surface area (Å²) in [5, 5.41) is 2.62. The van der Waals surface area contributed by atoms with Crippen molar-refractivity contribution in [1.29, 1.82) is 0 Å². The van der Waals surface area contributed by atoms with E-state index in [0.717, 1.165) is 16.2 Å². The molecule has 0 unspecified atom stereocenters. The van der Waals surface area contributed by atoms with Gasteiger partial charge in [0.25, 0.3) is 0 Å². The number of benzene rings is 2. The molecule has 2 aromatic rings. The molecule has 0 spiro atoms. The van der Waals surface area contributed by atoms with Crippen molar-refractivity contribution in [2.45, 2.75) is 23.6 Å². The lowest BCUT2D eigenvalue weighted by atomic mass is 10.2. The summed E-state index contributed by atoms with van der Waals surface area (Å²) in [5.74, 6) is 0.219. The number of rotatable bonds is 6. The molecule has 0 aliphatic heterocycles. The standard InChI is InChI=1S/C17H17ClFNO2S/c1-11(23-14-7-8-16(19)15(18)9-14)17(21)20-10-12-3-5-13(22-2)6-4-12/h3-9,11H,10H2,1-2H3,(H,20,21)/t11-/m1/s1. The van der Waals surface area contributed by atoms with Crippen LogP contribution < -0.4 is 10.1 Å². The third-order valence-electron chi connectivity index (χ3n) is 3.20. The van der Waals surface area contributed by atoms with Crippen LogP contribution in [-0.4, -0.2) is 18.3 Å². The van der Waals surface area contributed by atoms with E-state index in [2.05, 4.69) is 5.32 Å². The third-order valence-corrected chi connectivity index (χ3v) is 4.58. The Morgan fingerprint density at radius 2 is 2.00 bits per heavy atom. The number of hydrogen-bond acceptors (Lipinski definition) is 3. The Morgan fingerprint density at radius 3 is 2.61 bits per heavy atom. The molecule has 1 atom stereocenters. The van der Waals surface area contributed by atoms with Crippen molar-refractivity contribution in [2.75, 3.05) is 7.11 Å². The summed E-state index contributed by atoms with van der Waals surface area (Å²) in [7, 11) is 1.61. The molecule has 1 amide bonds. The Hall–Kier alpha value is -1.72. The number of hydrogen-bond donors (Lipinski definition) is 1. The largest absolute Gasteiger partial charge is 0.497 e. The average Bonchev–Trinajstić information content (AvgIpc) is 2.56. The fourth-order valence-electron chi connectivity index (χ4n) is 1.88. The van der Waals surface area contributed by atoms with Crippen LogP contribution in [0, 0.1) is 5.82 Å². The Balaban J connectivity index is 1.87. The zero-order valence-corrected chi connectivity index (χ0v) is 14.4. The van der Waals surface area contributed by atoms with Crippen LogP contribution in [0.15, 0.2) is 47.4 Å². The van der Waals surface area contributed by atoms with E-state index in [1.807, 2.05) is 24.3 Å². The van der Waals surface area contributed by atoms with Crippen molar-refractivity contribution in [3.8, 4) is 5.75 Å². The first-order valence-electron chi connectivity index (χ1n) is 7.02. The van der Waals surface area contributed by atoms with Gasteiger partial charge in [-0.15, -0.1) is 11.8 Å². The monoisotopic (exact) mass is 353 g/mol. The van der Waals surface area contributed by atoms with Crippen molar-refractivity contribution in [3.63, 3.8) is 0 Å². The minimum absolute atomic E-state index is 0.0563. The van der Waals surface area contributed by atoms with E-state index in [0.29, 0.717) is 6.54 Å². The Morgan fingerprint density at radius 1 is 1.30 bits per heavy atom. The van der Waals surface area contributed by atoms with Gasteiger partial charge in [-0.3, -0.25) is 4.79 Å². The average molecular weight is 354 g/mol. The molecule has 0 aliphatic rings. The van der Waals surface area contributed by atoms with E-state index >= 15 is 0 Å². The van der Waals surface area contributed by atoms with Gasteiger partial charge in [0.2, 0.25) is 5.91 Å². The summed E-state index contributed by atoms with van der Waals surface area (Å²) < 4.78 is 18.2. The predicted octanol–water partition coefficient (Wildman–Crippen LogP) is 4.28. The molecule has 0 bridgehead atoms. The number of carbonyl (C=O) groups excluding carboxylic acids is 1. The normalized spacial score (nSPS) is 11.8. The molecule has 2 rings (SSSR count). The van der Waals surface area contributed by atoms with Crippen molar-refractivity contribution >= 4 is 29.3 Å².